The van der Waals surface area contributed by atoms with Crippen LogP contribution in [0.5, 0.6) is 0 Å². The molecule has 0 spiro atoms. The Kier molecular flexibility index (Phi) is 11.8. The number of methoxy groups -OCH3 is 1. The molecular weight excluding hydrogens is 690 g/mol. The summed E-state index contributed by atoms with van der Waals surface area (Å²) in [4.78, 5) is 54.2. The van der Waals surface area contributed by atoms with E-state index in [1.807, 2.05) is 31.1 Å². The van der Waals surface area contributed by atoms with Crippen molar-refractivity contribution in [1.29, 1.82) is 0 Å². The largest absolute Gasteiger partial charge is 0.463 e. The summed E-state index contributed by atoms with van der Waals surface area (Å²) in [5.41, 5.74) is 0.317. The maximum atomic E-state index is 14.3. The number of esters is 1. The Morgan fingerprint density at radius 2 is 1.54 bits per heavy atom. The van der Waals surface area contributed by atoms with Crippen molar-refractivity contribution >= 4 is 61.9 Å². The van der Waals surface area contributed by atoms with E-state index in [-0.39, 0.29) is 23.1 Å². The van der Waals surface area contributed by atoms with Gasteiger partial charge in [0.05, 0.1) is 17.4 Å². The monoisotopic (exact) mass is 737 g/mol. The van der Waals surface area contributed by atoms with Gasteiger partial charge in [-0.2, -0.15) is 0 Å². The topological polar surface area (TPSA) is 173 Å². The highest BCUT2D eigenvalue weighted by atomic mass is 32.2. The second kappa shape index (κ2) is 15.5. The number of ether oxygens (including phenoxy) is 3. The van der Waals surface area contributed by atoms with Crippen molar-refractivity contribution in [3.8, 4) is 0 Å². The Morgan fingerprint density at radius 3 is 2.13 bits per heavy atom. The molecule has 14 nitrogen and oxygen atoms in total. The van der Waals surface area contributed by atoms with E-state index in [0.717, 1.165) is 11.1 Å². The molecule has 2 atom stereocenters. The lowest BCUT2D eigenvalue weighted by Gasteiger charge is -2.31. The Morgan fingerprint density at radius 1 is 0.904 bits per heavy atom. The van der Waals surface area contributed by atoms with Gasteiger partial charge in [-0.1, -0.05) is 38.1 Å². The molecule has 0 radical (unpaired) electrons. The standard InChI is InChI=1S/C37H47N5O9S/c1-23(2)32(39-35(46)51-36(3,4)5)33(44)42(30-20-37(30,6)22-50-31(43)21-38-34(45)49-9)25-18-16-24(17-19-25)40-52(47,48)29-15-11-12-26-27(29)13-10-14-28(26)41(7)8/h10-20,23,32,40H,21-22H2,1-9H3,(H,38,45)(H,39,46)/t32-,37?/m0/s1. The van der Waals surface area contributed by atoms with Crippen LogP contribution in [-0.4, -0.2) is 78.5 Å². The molecule has 0 aromatic heterocycles. The summed E-state index contributed by atoms with van der Waals surface area (Å²) in [6.45, 7) is 9.91. The van der Waals surface area contributed by atoms with Crippen molar-refractivity contribution < 1.29 is 41.8 Å². The quantitative estimate of drug-likeness (QED) is 0.153. The molecular formula is C37H47N5O9S. The lowest BCUT2D eigenvalue weighted by Crippen LogP contribution is -2.52. The van der Waals surface area contributed by atoms with Crippen LogP contribution in [0.15, 0.2) is 77.3 Å². The number of anilines is 3. The highest BCUT2D eigenvalue weighted by Crippen LogP contribution is 2.48. The van der Waals surface area contributed by atoms with E-state index in [1.165, 1.54) is 24.1 Å². The van der Waals surface area contributed by atoms with Crippen LogP contribution in [0, 0.1) is 11.3 Å². The van der Waals surface area contributed by atoms with Gasteiger partial charge in [0.15, 0.2) is 0 Å². The van der Waals surface area contributed by atoms with Crippen LogP contribution in [0.3, 0.4) is 0 Å². The van der Waals surface area contributed by atoms with Crippen LogP contribution in [0.2, 0.25) is 0 Å². The molecule has 0 bridgehead atoms. The number of fused-ring (bicyclic) bond motifs is 1. The third-order valence-electron chi connectivity index (χ3n) is 8.13. The number of amides is 3. The van der Waals surface area contributed by atoms with Crippen LogP contribution >= 0.6 is 0 Å². The van der Waals surface area contributed by atoms with E-state index in [1.54, 1.807) is 84.0 Å². The number of carbonyl (C=O) groups excluding carboxylic acids is 4. The van der Waals surface area contributed by atoms with Crippen LogP contribution in [0.1, 0.15) is 41.5 Å². The first-order valence-electron chi connectivity index (χ1n) is 16.6. The maximum Gasteiger partial charge on any atom is 0.408 e. The predicted molar refractivity (Wildman–Crippen MR) is 199 cm³/mol. The average Bonchev–Trinajstić information content (AvgIpc) is 3.73. The third kappa shape index (κ3) is 9.51. The normalized spacial score (nSPS) is 15.9. The van der Waals surface area contributed by atoms with Gasteiger partial charge in [0, 0.05) is 47.6 Å². The molecule has 3 aromatic carbocycles. The van der Waals surface area contributed by atoms with E-state index < -0.39 is 57.7 Å². The van der Waals surface area contributed by atoms with Crippen LogP contribution in [-0.2, 0) is 33.8 Å². The summed E-state index contributed by atoms with van der Waals surface area (Å²) in [5, 5.41) is 6.29. The molecule has 52 heavy (non-hydrogen) atoms. The predicted octanol–water partition coefficient (Wildman–Crippen LogP) is 5.39. The minimum Gasteiger partial charge on any atom is -0.463 e. The lowest BCUT2D eigenvalue weighted by atomic mass is 10.0. The minimum absolute atomic E-state index is 0.109. The van der Waals surface area contributed by atoms with Gasteiger partial charge in [-0.3, -0.25) is 19.2 Å². The van der Waals surface area contributed by atoms with Crippen LogP contribution in [0.25, 0.3) is 10.8 Å². The number of nitrogens with one attached hydrogen (secondary N) is 3. The lowest BCUT2D eigenvalue weighted by molar-refractivity contribution is -0.143. The molecule has 3 amide bonds. The molecule has 15 heteroatoms. The number of rotatable bonds is 13. The van der Waals surface area contributed by atoms with Gasteiger partial charge in [-0.15, -0.1) is 0 Å². The number of benzene rings is 3. The first-order chi connectivity index (χ1) is 24.3. The van der Waals surface area contributed by atoms with Gasteiger partial charge in [0.25, 0.3) is 15.9 Å². The SMILES string of the molecule is COC(=O)NCC(=O)OCC1(C)C=C1N(C(=O)[C@@H](NC(=O)OC(C)(C)C)C(C)C)c1ccc(NS(=O)(=O)c2cccc3c(N(C)C)cccc23)cc1. The number of nitrogens with zero attached hydrogens (tertiary/aromatic N) is 2. The second-order valence-electron chi connectivity index (χ2n) is 14.2. The fraction of sp³-hybridized carbons (Fsp3) is 0.405. The van der Waals surface area contributed by atoms with Crippen LogP contribution < -0.4 is 25.2 Å². The summed E-state index contributed by atoms with van der Waals surface area (Å²) in [7, 11) is 0.906. The number of carbonyl (C=O) groups is 4. The van der Waals surface area contributed by atoms with Crippen LogP contribution in [0.4, 0.5) is 26.7 Å². The van der Waals surface area contributed by atoms with Gasteiger partial charge in [-0.05, 0) is 76.1 Å². The summed E-state index contributed by atoms with van der Waals surface area (Å²) < 4.78 is 45.3. The summed E-state index contributed by atoms with van der Waals surface area (Å²) >= 11 is 0. The van der Waals surface area contributed by atoms with Crippen molar-refractivity contribution in [2.45, 2.75) is 58.1 Å². The first kappa shape index (κ1) is 39.5. The third-order valence-corrected chi connectivity index (χ3v) is 9.57. The van der Waals surface area contributed by atoms with Gasteiger partial charge >= 0.3 is 18.2 Å². The van der Waals surface area contributed by atoms with Gasteiger partial charge in [0.2, 0.25) is 0 Å². The Balaban J connectivity index is 1.62. The molecule has 1 aliphatic rings. The Bertz CT molecular complexity index is 1970. The minimum atomic E-state index is -4.04. The van der Waals surface area contributed by atoms with Gasteiger partial charge in [-0.25, -0.2) is 18.0 Å². The van der Waals surface area contributed by atoms with Gasteiger partial charge < -0.3 is 29.7 Å². The molecule has 0 aliphatic heterocycles. The molecule has 3 N–H and O–H groups in total. The molecule has 280 valence electrons. The van der Waals surface area contributed by atoms with Crippen molar-refractivity contribution in [1.82, 2.24) is 10.6 Å². The molecule has 4 rings (SSSR count). The summed E-state index contributed by atoms with van der Waals surface area (Å²) in [5.74, 6) is -1.57. The van der Waals surface area contributed by atoms with Crippen molar-refractivity contribution in [3.05, 3.63) is 72.4 Å². The number of sulfonamides is 1. The van der Waals surface area contributed by atoms with E-state index in [2.05, 4.69) is 20.1 Å². The zero-order valence-electron chi connectivity index (χ0n) is 30.9. The molecule has 3 aromatic rings. The molecule has 1 aliphatic carbocycles. The second-order valence-corrected chi connectivity index (χ2v) is 15.8. The summed E-state index contributed by atoms with van der Waals surface area (Å²) in [6.07, 6.45) is 0.189. The van der Waals surface area contributed by atoms with Crippen molar-refractivity contribution in [2.75, 3.05) is 48.9 Å². The van der Waals surface area contributed by atoms with E-state index in [9.17, 15) is 27.6 Å². The van der Waals surface area contributed by atoms with Crippen molar-refractivity contribution in [2.24, 2.45) is 11.3 Å². The van der Waals surface area contributed by atoms with Gasteiger partial charge in [0.1, 0.15) is 24.8 Å². The first-order valence-corrected chi connectivity index (χ1v) is 18.1. The highest BCUT2D eigenvalue weighted by molar-refractivity contribution is 7.93. The van der Waals surface area contributed by atoms with E-state index in [0.29, 0.717) is 16.8 Å². The van der Waals surface area contributed by atoms with E-state index in [4.69, 9.17) is 9.47 Å². The Labute approximate surface area is 304 Å². The smallest absolute Gasteiger partial charge is 0.408 e. The highest BCUT2D eigenvalue weighted by Gasteiger charge is 2.48. The number of alkyl carbamates (subject to hydrolysis) is 2. The fourth-order valence-corrected chi connectivity index (χ4v) is 6.73. The zero-order chi connectivity index (χ0) is 38.6. The molecule has 0 saturated carbocycles. The molecule has 0 fully saturated rings. The molecule has 1 unspecified atom stereocenters. The Hall–Kier alpha value is -5.31. The molecule has 0 saturated heterocycles. The van der Waals surface area contributed by atoms with E-state index >= 15 is 0 Å². The number of hydrogen-bond acceptors (Lipinski definition) is 10. The average molecular weight is 738 g/mol. The zero-order valence-corrected chi connectivity index (χ0v) is 31.7. The van der Waals surface area contributed by atoms with Crippen molar-refractivity contribution in [3.63, 3.8) is 0 Å². The molecule has 0 heterocycles. The number of hydrogen-bond donors (Lipinski definition) is 3. The summed E-state index contributed by atoms with van der Waals surface area (Å²) in [6, 6.07) is 15.8. The fourth-order valence-electron chi connectivity index (χ4n) is 5.45. The maximum absolute atomic E-state index is 14.3.